The number of nitrogens with two attached hydrogens (primary N) is 1. The van der Waals surface area contributed by atoms with Gasteiger partial charge in [-0.05, 0) is 44.2 Å². The van der Waals surface area contributed by atoms with E-state index >= 15 is 0 Å². The summed E-state index contributed by atoms with van der Waals surface area (Å²) in [5, 5.41) is 0. The number of nitrogens with zero attached hydrogens (tertiary/aromatic N) is 1. The number of carbonyl (C=O) groups is 1. The summed E-state index contributed by atoms with van der Waals surface area (Å²) in [4.78, 5) is 14.3. The molecule has 0 unspecified atom stereocenters. The quantitative estimate of drug-likeness (QED) is 0.911. The van der Waals surface area contributed by atoms with Crippen LogP contribution in [-0.4, -0.2) is 29.9 Å². The zero-order chi connectivity index (χ0) is 14.0. The van der Waals surface area contributed by atoms with Crippen molar-refractivity contribution in [1.29, 1.82) is 0 Å². The van der Waals surface area contributed by atoms with E-state index in [1.807, 2.05) is 31.7 Å². The van der Waals surface area contributed by atoms with Crippen molar-refractivity contribution in [1.82, 2.24) is 4.90 Å². The van der Waals surface area contributed by atoms with Gasteiger partial charge in [-0.1, -0.05) is 6.92 Å². The van der Waals surface area contributed by atoms with Gasteiger partial charge in [-0.3, -0.25) is 4.79 Å². The van der Waals surface area contributed by atoms with E-state index in [4.69, 9.17) is 10.2 Å². The first-order valence-electron chi connectivity index (χ1n) is 7.17. The molecule has 0 saturated carbocycles. The lowest BCUT2D eigenvalue weighted by molar-refractivity contribution is 0.0627. The molecular weight excluding hydrogens is 240 g/mol. The Bertz CT molecular complexity index is 451. The third-order valence-corrected chi connectivity index (χ3v) is 4.04. The molecular formula is C15H24N2O2. The van der Waals surface area contributed by atoms with Crippen LogP contribution in [0.5, 0.6) is 0 Å². The first kappa shape index (κ1) is 14.1. The Hall–Kier alpha value is -1.29. The second kappa shape index (κ2) is 5.78. The van der Waals surface area contributed by atoms with Crippen LogP contribution in [0.2, 0.25) is 0 Å². The Morgan fingerprint density at radius 3 is 2.95 bits per heavy atom. The molecule has 0 bridgehead atoms. The van der Waals surface area contributed by atoms with Gasteiger partial charge in [0.05, 0.1) is 0 Å². The van der Waals surface area contributed by atoms with Gasteiger partial charge in [0.15, 0.2) is 5.76 Å². The van der Waals surface area contributed by atoms with Crippen LogP contribution >= 0.6 is 0 Å². The van der Waals surface area contributed by atoms with Crippen LogP contribution in [0, 0.1) is 12.8 Å². The summed E-state index contributed by atoms with van der Waals surface area (Å²) in [7, 11) is 0. The number of rotatable bonds is 3. The fourth-order valence-corrected chi connectivity index (χ4v) is 2.76. The Labute approximate surface area is 114 Å². The van der Waals surface area contributed by atoms with Gasteiger partial charge in [-0.2, -0.15) is 0 Å². The summed E-state index contributed by atoms with van der Waals surface area (Å²) >= 11 is 0. The lowest BCUT2D eigenvalue weighted by Gasteiger charge is -2.34. The van der Waals surface area contributed by atoms with Crippen LogP contribution in [0.25, 0.3) is 0 Å². The molecule has 0 aromatic carbocycles. The first-order chi connectivity index (χ1) is 9.02. The van der Waals surface area contributed by atoms with Crippen LogP contribution in [0.4, 0.5) is 0 Å². The minimum absolute atomic E-state index is 0.00755. The van der Waals surface area contributed by atoms with Crippen molar-refractivity contribution in [2.75, 3.05) is 13.1 Å². The van der Waals surface area contributed by atoms with Crippen LogP contribution in [0.3, 0.4) is 0 Å². The highest BCUT2D eigenvalue weighted by Crippen LogP contribution is 2.22. The maximum Gasteiger partial charge on any atom is 0.289 e. The molecule has 2 N–H and O–H groups in total. The molecule has 2 atom stereocenters. The molecule has 2 rings (SSSR count). The number of hydrogen-bond acceptors (Lipinski definition) is 3. The van der Waals surface area contributed by atoms with E-state index in [1.54, 1.807) is 0 Å². The lowest BCUT2D eigenvalue weighted by Crippen LogP contribution is -2.44. The Morgan fingerprint density at radius 2 is 2.37 bits per heavy atom. The number of aryl methyl sites for hydroxylation is 2. The van der Waals surface area contributed by atoms with Crippen LogP contribution in [0.1, 0.15) is 48.6 Å². The summed E-state index contributed by atoms with van der Waals surface area (Å²) in [5.41, 5.74) is 7.02. The SMILES string of the molecule is CCc1oc(C(=O)N2CCC[C@@H]([C@H](C)N)C2)cc1C. The summed E-state index contributed by atoms with van der Waals surface area (Å²) in [6.07, 6.45) is 2.96. The minimum atomic E-state index is 0.00755. The van der Waals surface area contributed by atoms with Crippen LogP contribution in [0.15, 0.2) is 10.5 Å². The smallest absolute Gasteiger partial charge is 0.289 e. The van der Waals surface area contributed by atoms with E-state index < -0.39 is 0 Å². The van der Waals surface area contributed by atoms with Gasteiger partial charge < -0.3 is 15.1 Å². The van der Waals surface area contributed by atoms with E-state index in [0.29, 0.717) is 11.7 Å². The summed E-state index contributed by atoms with van der Waals surface area (Å²) in [5.74, 6) is 1.79. The Morgan fingerprint density at radius 1 is 1.63 bits per heavy atom. The van der Waals surface area contributed by atoms with Crippen molar-refractivity contribution < 1.29 is 9.21 Å². The fraction of sp³-hybridized carbons (Fsp3) is 0.667. The molecule has 1 amide bonds. The van der Waals surface area contributed by atoms with E-state index in [-0.39, 0.29) is 11.9 Å². The van der Waals surface area contributed by atoms with Crippen LogP contribution in [-0.2, 0) is 6.42 Å². The number of amides is 1. The molecule has 19 heavy (non-hydrogen) atoms. The van der Waals surface area contributed by atoms with Crippen molar-refractivity contribution in [3.05, 3.63) is 23.2 Å². The van der Waals surface area contributed by atoms with Gasteiger partial charge in [-0.15, -0.1) is 0 Å². The van der Waals surface area contributed by atoms with Crippen molar-refractivity contribution in [3.63, 3.8) is 0 Å². The molecule has 0 spiro atoms. The molecule has 4 nitrogen and oxygen atoms in total. The lowest BCUT2D eigenvalue weighted by atomic mass is 9.92. The third kappa shape index (κ3) is 3.00. The highest BCUT2D eigenvalue weighted by molar-refractivity contribution is 5.91. The minimum Gasteiger partial charge on any atom is -0.456 e. The predicted octanol–water partition coefficient (Wildman–Crippen LogP) is 2.35. The number of carbonyl (C=O) groups excluding carboxylic acids is 1. The van der Waals surface area contributed by atoms with E-state index in [0.717, 1.165) is 43.7 Å². The summed E-state index contributed by atoms with van der Waals surface area (Å²) < 4.78 is 5.65. The molecule has 4 heteroatoms. The van der Waals surface area contributed by atoms with Gasteiger partial charge in [0.2, 0.25) is 0 Å². The molecule has 1 aromatic heterocycles. The van der Waals surface area contributed by atoms with E-state index in [9.17, 15) is 4.79 Å². The molecule has 0 radical (unpaired) electrons. The zero-order valence-electron chi connectivity index (χ0n) is 12.1. The monoisotopic (exact) mass is 264 g/mol. The summed E-state index contributed by atoms with van der Waals surface area (Å²) in [6, 6.07) is 2.00. The van der Waals surface area contributed by atoms with Crippen molar-refractivity contribution in [2.24, 2.45) is 11.7 Å². The van der Waals surface area contributed by atoms with Crippen LogP contribution < -0.4 is 5.73 Å². The first-order valence-corrected chi connectivity index (χ1v) is 7.17. The topological polar surface area (TPSA) is 59.5 Å². The van der Waals surface area contributed by atoms with Crippen molar-refractivity contribution >= 4 is 5.91 Å². The Kier molecular flexibility index (Phi) is 4.30. The maximum atomic E-state index is 12.4. The molecule has 1 aliphatic rings. The molecule has 1 aliphatic heterocycles. The second-order valence-electron chi connectivity index (χ2n) is 5.58. The predicted molar refractivity (Wildman–Crippen MR) is 75.1 cm³/mol. The fourth-order valence-electron chi connectivity index (χ4n) is 2.76. The standard InChI is InChI=1S/C15H24N2O2/c1-4-13-10(2)8-14(19-13)15(18)17-7-5-6-12(9-17)11(3)16/h8,11-12H,4-7,9,16H2,1-3H3/t11-,12+/m0/s1. The van der Waals surface area contributed by atoms with Crippen molar-refractivity contribution in [3.8, 4) is 0 Å². The number of likely N-dealkylation sites (tertiary alicyclic amines) is 1. The van der Waals surface area contributed by atoms with E-state index in [2.05, 4.69) is 0 Å². The summed E-state index contributed by atoms with van der Waals surface area (Å²) in [6.45, 7) is 7.60. The van der Waals surface area contributed by atoms with Gasteiger partial charge in [0.25, 0.3) is 5.91 Å². The number of hydrogen-bond donors (Lipinski definition) is 1. The average Bonchev–Trinajstić information content (AvgIpc) is 2.79. The van der Waals surface area contributed by atoms with Gasteiger partial charge >= 0.3 is 0 Å². The normalized spacial score (nSPS) is 21.5. The van der Waals surface area contributed by atoms with Crippen molar-refractivity contribution in [2.45, 2.75) is 46.1 Å². The maximum absolute atomic E-state index is 12.4. The van der Waals surface area contributed by atoms with Gasteiger partial charge in [0.1, 0.15) is 5.76 Å². The molecule has 1 aromatic rings. The molecule has 2 heterocycles. The van der Waals surface area contributed by atoms with Gasteiger partial charge in [0, 0.05) is 25.6 Å². The number of furan rings is 1. The number of piperidine rings is 1. The highest BCUT2D eigenvalue weighted by atomic mass is 16.4. The molecule has 1 fully saturated rings. The molecule has 106 valence electrons. The average molecular weight is 264 g/mol. The third-order valence-electron chi connectivity index (χ3n) is 4.04. The molecule has 0 aliphatic carbocycles. The zero-order valence-corrected chi connectivity index (χ0v) is 12.1. The molecule has 1 saturated heterocycles. The largest absolute Gasteiger partial charge is 0.456 e. The second-order valence-corrected chi connectivity index (χ2v) is 5.58. The van der Waals surface area contributed by atoms with Gasteiger partial charge in [-0.25, -0.2) is 0 Å². The van der Waals surface area contributed by atoms with E-state index in [1.165, 1.54) is 0 Å². The highest BCUT2D eigenvalue weighted by Gasteiger charge is 2.28. The Balaban J connectivity index is 2.10.